The summed E-state index contributed by atoms with van der Waals surface area (Å²) in [5, 5.41) is 0. The average molecular weight is 298 g/mol. The molecule has 0 saturated heterocycles. The Kier molecular flexibility index (Phi) is 6.85. The van der Waals surface area contributed by atoms with Gasteiger partial charge in [-0.05, 0) is 32.1 Å². The molecule has 21 heavy (non-hydrogen) atoms. The van der Waals surface area contributed by atoms with Gasteiger partial charge in [0.1, 0.15) is 5.78 Å². The Morgan fingerprint density at radius 2 is 1.76 bits per heavy atom. The number of rotatable bonds is 8. The Morgan fingerprint density at radius 1 is 1.14 bits per heavy atom. The Labute approximate surface area is 128 Å². The van der Waals surface area contributed by atoms with Crippen LogP contribution in [0.2, 0.25) is 0 Å². The van der Waals surface area contributed by atoms with Gasteiger partial charge in [0.25, 0.3) is 0 Å². The molecule has 0 aliphatic heterocycles. The quantitative estimate of drug-likeness (QED) is 0.509. The maximum Gasteiger partial charge on any atom is 0.309 e. The van der Waals surface area contributed by atoms with Crippen molar-refractivity contribution in [1.29, 1.82) is 0 Å². The van der Waals surface area contributed by atoms with Crippen LogP contribution in [0.4, 0.5) is 0 Å². The number of Topliss-reactive ketones (excluding diaryl/α,β-unsaturated/α-hetero) is 1. The second-order valence-electron chi connectivity index (χ2n) is 6.76. The fourth-order valence-electron chi connectivity index (χ4n) is 3.22. The molecule has 0 bridgehead atoms. The minimum absolute atomic E-state index is 0.00988. The van der Waals surface area contributed by atoms with Gasteiger partial charge in [-0.3, -0.25) is 9.59 Å². The van der Waals surface area contributed by atoms with Crippen molar-refractivity contribution in [1.82, 2.24) is 0 Å². The third kappa shape index (κ3) is 4.80. The van der Waals surface area contributed by atoms with Crippen molar-refractivity contribution < 1.29 is 19.1 Å². The predicted octanol–water partition coefficient (Wildman–Crippen LogP) is 3.38. The van der Waals surface area contributed by atoms with E-state index < -0.39 is 0 Å². The number of hydrogen-bond donors (Lipinski definition) is 0. The SMILES string of the molecule is CCC(=O)C1CCC(C(=O)OCCCOC(C)C)C1(C)C. The van der Waals surface area contributed by atoms with E-state index in [1.165, 1.54) is 0 Å². The van der Waals surface area contributed by atoms with Crippen molar-refractivity contribution in [3.63, 3.8) is 0 Å². The highest BCUT2D eigenvalue weighted by Gasteiger charge is 2.49. The largest absolute Gasteiger partial charge is 0.465 e. The van der Waals surface area contributed by atoms with E-state index in [1.54, 1.807) is 0 Å². The molecule has 4 heteroatoms. The van der Waals surface area contributed by atoms with Crippen LogP contribution < -0.4 is 0 Å². The summed E-state index contributed by atoms with van der Waals surface area (Å²) in [5.41, 5.74) is -0.293. The molecule has 0 heterocycles. The normalized spacial score (nSPS) is 24.3. The summed E-state index contributed by atoms with van der Waals surface area (Å²) in [7, 11) is 0. The van der Waals surface area contributed by atoms with E-state index in [0.717, 1.165) is 12.8 Å². The lowest BCUT2D eigenvalue weighted by molar-refractivity contribution is -0.153. The van der Waals surface area contributed by atoms with Gasteiger partial charge < -0.3 is 9.47 Å². The van der Waals surface area contributed by atoms with Gasteiger partial charge in [0.2, 0.25) is 0 Å². The van der Waals surface area contributed by atoms with Crippen molar-refractivity contribution >= 4 is 11.8 Å². The van der Waals surface area contributed by atoms with Gasteiger partial charge in [-0.1, -0.05) is 20.8 Å². The number of carbonyl (C=O) groups excluding carboxylic acids is 2. The average Bonchev–Trinajstić information content (AvgIpc) is 2.72. The topological polar surface area (TPSA) is 52.6 Å². The zero-order valence-electron chi connectivity index (χ0n) is 14.1. The molecule has 0 amide bonds. The molecule has 1 aliphatic rings. The second kappa shape index (κ2) is 7.92. The highest BCUT2D eigenvalue weighted by molar-refractivity contribution is 5.84. The van der Waals surface area contributed by atoms with E-state index >= 15 is 0 Å². The van der Waals surface area contributed by atoms with Crippen LogP contribution in [-0.2, 0) is 19.1 Å². The molecular formula is C17H30O4. The number of ketones is 1. The summed E-state index contributed by atoms with van der Waals surface area (Å²) in [6.45, 7) is 10.9. The standard InChI is InChI=1S/C17H30O4/c1-6-15(18)13-8-9-14(17(13,4)5)16(19)21-11-7-10-20-12(2)3/h12-14H,6-11H2,1-5H3. The molecule has 0 radical (unpaired) electrons. The third-order valence-electron chi connectivity index (χ3n) is 4.55. The van der Waals surface area contributed by atoms with Crippen LogP contribution in [0.25, 0.3) is 0 Å². The van der Waals surface area contributed by atoms with Crippen LogP contribution in [-0.4, -0.2) is 31.1 Å². The molecule has 1 saturated carbocycles. The highest BCUT2D eigenvalue weighted by Crippen LogP contribution is 2.48. The van der Waals surface area contributed by atoms with Gasteiger partial charge >= 0.3 is 5.97 Å². The predicted molar refractivity (Wildman–Crippen MR) is 82.0 cm³/mol. The van der Waals surface area contributed by atoms with Crippen molar-refractivity contribution in [2.75, 3.05) is 13.2 Å². The van der Waals surface area contributed by atoms with Gasteiger partial charge in [-0.2, -0.15) is 0 Å². The van der Waals surface area contributed by atoms with Crippen molar-refractivity contribution in [3.8, 4) is 0 Å². The maximum atomic E-state index is 12.2. The zero-order chi connectivity index (χ0) is 16.0. The molecule has 0 aromatic heterocycles. The van der Waals surface area contributed by atoms with Crippen LogP contribution in [0.15, 0.2) is 0 Å². The first-order valence-electron chi connectivity index (χ1n) is 8.11. The molecule has 0 aromatic carbocycles. The van der Waals surface area contributed by atoms with Crippen LogP contribution in [0, 0.1) is 17.3 Å². The number of esters is 1. The summed E-state index contributed by atoms with van der Waals surface area (Å²) in [6.07, 6.45) is 3.02. The minimum atomic E-state index is -0.293. The Bertz CT molecular complexity index is 360. The van der Waals surface area contributed by atoms with Gasteiger partial charge in [0.15, 0.2) is 0 Å². The molecule has 1 rings (SSSR count). The number of hydrogen-bond acceptors (Lipinski definition) is 4. The second-order valence-corrected chi connectivity index (χ2v) is 6.76. The van der Waals surface area contributed by atoms with E-state index in [4.69, 9.17) is 9.47 Å². The summed E-state index contributed by atoms with van der Waals surface area (Å²) in [4.78, 5) is 24.2. The molecule has 2 unspecified atom stereocenters. The molecule has 4 nitrogen and oxygen atoms in total. The fourth-order valence-corrected chi connectivity index (χ4v) is 3.22. The summed E-state index contributed by atoms with van der Waals surface area (Å²) in [5.74, 6) is -0.0649. The molecule has 1 fully saturated rings. The first-order chi connectivity index (χ1) is 9.80. The lowest BCUT2D eigenvalue weighted by Crippen LogP contribution is -2.35. The first-order valence-corrected chi connectivity index (χ1v) is 8.11. The summed E-state index contributed by atoms with van der Waals surface area (Å²) >= 11 is 0. The molecule has 0 N–H and O–H groups in total. The van der Waals surface area contributed by atoms with Gasteiger partial charge in [0.05, 0.1) is 25.2 Å². The van der Waals surface area contributed by atoms with Crippen molar-refractivity contribution in [2.24, 2.45) is 17.3 Å². The molecule has 1 aliphatic carbocycles. The third-order valence-corrected chi connectivity index (χ3v) is 4.55. The van der Waals surface area contributed by atoms with Crippen LogP contribution in [0.1, 0.15) is 60.3 Å². The van der Waals surface area contributed by atoms with Gasteiger partial charge in [-0.15, -0.1) is 0 Å². The van der Waals surface area contributed by atoms with Crippen LogP contribution in [0.5, 0.6) is 0 Å². The summed E-state index contributed by atoms with van der Waals surface area (Å²) in [6, 6.07) is 0. The Hall–Kier alpha value is -0.900. The van der Waals surface area contributed by atoms with Crippen LogP contribution >= 0.6 is 0 Å². The molecular weight excluding hydrogens is 268 g/mol. The van der Waals surface area contributed by atoms with Gasteiger partial charge in [0, 0.05) is 18.8 Å². The molecule has 2 atom stereocenters. The van der Waals surface area contributed by atoms with Gasteiger partial charge in [-0.25, -0.2) is 0 Å². The lowest BCUT2D eigenvalue weighted by Gasteiger charge is -2.30. The fraction of sp³-hybridized carbons (Fsp3) is 0.882. The Balaban J connectivity index is 2.43. The zero-order valence-corrected chi connectivity index (χ0v) is 14.1. The van der Waals surface area contributed by atoms with E-state index in [1.807, 2.05) is 34.6 Å². The van der Waals surface area contributed by atoms with Crippen LogP contribution in [0.3, 0.4) is 0 Å². The highest BCUT2D eigenvalue weighted by atomic mass is 16.5. The molecule has 0 spiro atoms. The molecule has 0 aromatic rings. The van der Waals surface area contributed by atoms with E-state index in [9.17, 15) is 9.59 Å². The molecule has 122 valence electrons. The van der Waals surface area contributed by atoms with E-state index in [0.29, 0.717) is 26.1 Å². The van der Waals surface area contributed by atoms with Crippen molar-refractivity contribution in [3.05, 3.63) is 0 Å². The summed E-state index contributed by atoms with van der Waals surface area (Å²) < 4.78 is 10.8. The van der Waals surface area contributed by atoms with E-state index in [2.05, 4.69) is 0 Å². The van der Waals surface area contributed by atoms with E-state index in [-0.39, 0.29) is 35.1 Å². The lowest BCUT2D eigenvalue weighted by atomic mass is 9.73. The number of carbonyl (C=O) groups is 2. The smallest absolute Gasteiger partial charge is 0.309 e. The first kappa shape index (κ1) is 18.1. The maximum absolute atomic E-state index is 12.2. The Morgan fingerprint density at radius 3 is 2.33 bits per heavy atom. The monoisotopic (exact) mass is 298 g/mol. The van der Waals surface area contributed by atoms with Crippen molar-refractivity contribution in [2.45, 2.75) is 66.4 Å². The number of ether oxygens (including phenoxy) is 2. The minimum Gasteiger partial charge on any atom is -0.465 e.